The Morgan fingerprint density at radius 1 is 1.16 bits per heavy atom. The average Bonchev–Trinajstić information content (AvgIpc) is 2.99. The van der Waals surface area contributed by atoms with Gasteiger partial charge in [0, 0.05) is 29.5 Å². The first-order valence-electron chi connectivity index (χ1n) is 7.41. The zero-order valence-corrected chi connectivity index (χ0v) is 14.0. The molecule has 7 heteroatoms. The lowest BCUT2D eigenvalue weighted by Crippen LogP contribution is -2.05. The molecule has 6 nitrogen and oxygen atoms in total. The number of halogens is 1. The van der Waals surface area contributed by atoms with Crippen molar-refractivity contribution in [2.45, 2.75) is 6.92 Å². The van der Waals surface area contributed by atoms with Crippen LogP contribution >= 0.6 is 11.6 Å². The van der Waals surface area contributed by atoms with Crippen molar-refractivity contribution >= 4 is 51.8 Å². The fraction of sp³-hybridized carbons (Fsp3) is 0.0556. The summed E-state index contributed by atoms with van der Waals surface area (Å²) in [5, 5.41) is 6.22. The van der Waals surface area contributed by atoms with Crippen molar-refractivity contribution in [1.29, 1.82) is 0 Å². The molecule has 2 aromatic carbocycles. The van der Waals surface area contributed by atoms with Crippen LogP contribution < -0.4 is 10.6 Å². The highest BCUT2D eigenvalue weighted by Gasteiger charge is 2.10. The van der Waals surface area contributed by atoms with Crippen LogP contribution in [0.5, 0.6) is 0 Å². The summed E-state index contributed by atoms with van der Waals surface area (Å²) >= 11 is 5.92. The lowest BCUT2D eigenvalue weighted by molar-refractivity contribution is -0.114. The van der Waals surface area contributed by atoms with Crippen molar-refractivity contribution in [2.75, 3.05) is 10.6 Å². The number of aromatic nitrogens is 1. The summed E-state index contributed by atoms with van der Waals surface area (Å²) in [5.74, 6) is 0.0644. The second-order valence-electron chi connectivity index (χ2n) is 5.25. The number of rotatable bonds is 5. The van der Waals surface area contributed by atoms with Crippen LogP contribution in [0, 0.1) is 0 Å². The minimum absolute atomic E-state index is 0.139. The van der Waals surface area contributed by atoms with E-state index in [1.54, 1.807) is 42.5 Å². The molecule has 0 aliphatic carbocycles. The fourth-order valence-corrected chi connectivity index (χ4v) is 2.35. The van der Waals surface area contributed by atoms with Crippen molar-refractivity contribution in [3.05, 3.63) is 59.6 Å². The van der Waals surface area contributed by atoms with Crippen molar-refractivity contribution in [1.82, 2.24) is 4.98 Å². The Morgan fingerprint density at radius 3 is 2.56 bits per heavy atom. The van der Waals surface area contributed by atoms with Gasteiger partial charge in [0.1, 0.15) is 5.52 Å². The molecule has 0 fully saturated rings. The third kappa shape index (κ3) is 4.05. The van der Waals surface area contributed by atoms with E-state index in [0.29, 0.717) is 28.1 Å². The molecule has 3 aromatic rings. The zero-order chi connectivity index (χ0) is 17.8. The maximum absolute atomic E-state index is 11.4. The Labute approximate surface area is 148 Å². The van der Waals surface area contributed by atoms with Gasteiger partial charge in [0.2, 0.25) is 11.8 Å². The van der Waals surface area contributed by atoms with E-state index in [-0.39, 0.29) is 17.4 Å². The molecule has 0 aliphatic heterocycles. The van der Waals surface area contributed by atoms with Gasteiger partial charge in [-0.05, 0) is 42.5 Å². The Kier molecular flexibility index (Phi) is 4.81. The number of carbonyl (C=O) groups is 2. The second-order valence-corrected chi connectivity index (χ2v) is 5.69. The highest BCUT2D eigenvalue weighted by molar-refractivity contribution is 6.31. The van der Waals surface area contributed by atoms with E-state index < -0.39 is 0 Å². The molecular weight excluding hydrogens is 342 g/mol. The first-order chi connectivity index (χ1) is 12.0. The number of hydrogen-bond acceptors (Lipinski definition) is 5. The van der Waals surface area contributed by atoms with Gasteiger partial charge in [0.15, 0.2) is 11.9 Å². The molecule has 0 atom stereocenters. The third-order valence-corrected chi connectivity index (χ3v) is 3.56. The lowest BCUT2D eigenvalue weighted by atomic mass is 10.2. The van der Waals surface area contributed by atoms with Crippen LogP contribution in [0.2, 0.25) is 5.02 Å². The van der Waals surface area contributed by atoms with E-state index in [4.69, 9.17) is 16.0 Å². The molecule has 1 amide bonds. The normalized spacial score (nSPS) is 11.4. The van der Waals surface area contributed by atoms with Gasteiger partial charge in [0.05, 0.1) is 5.57 Å². The molecular formula is C18H14ClN3O3. The Hall–Kier alpha value is -3.12. The van der Waals surface area contributed by atoms with Crippen molar-refractivity contribution in [3.63, 3.8) is 0 Å². The minimum atomic E-state index is -0.139. The first-order valence-corrected chi connectivity index (χ1v) is 7.79. The summed E-state index contributed by atoms with van der Waals surface area (Å²) in [4.78, 5) is 26.6. The number of aldehydes is 1. The van der Waals surface area contributed by atoms with Gasteiger partial charge in [-0.25, -0.2) is 4.98 Å². The number of benzene rings is 2. The average molecular weight is 356 g/mol. The number of oxazole rings is 1. The SMILES string of the molecule is CC(=O)Nc1ccc(N/C=C(\C=O)c2nc3cc(Cl)ccc3o2)cc1. The molecule has 0 unspecified atom stereocenters. The number of carbonyl (C=O) groups excluding carboxylic acids is 2. The molecule has 1 heterocycles. The number of fused-ring (bicyclic) bond motifs is 1. The molecule has 0 radical (unpaired) electrons. The molecule has 25 heavy (non-hydrogen) atoms. The molecule has 0 bridgehead atoms. The zero-order valence-electron chi connectivity index (χ0n) is 13.2. The number of hydrogen-bond donors (Lipinski definition) is 2. The van der Waals surface area contributed by atoms with Gasteiger partial charge in [0.25, 0.3) is 0 Å². The van der Waals surface area contributed by atoms with Gasteiger partial charge in [-0.3, -0.25) is 9.59 Å². The van der Waals surface area contributed by atoms with E-state index in [9.17, 15) is 9.59 Å². The second kappa shape index (κ2) is 7.19. The highest BCUT2D eigenvalue weighted by atomic mass is 35.5. The summed E-state index contributed by atoms with van der Waals surface area (Å²) in [6, 6.07) is 12.1. The Bertz CT molecular complexity index is 961. The highest BCUT2D eigenvalue weighted by Crippen LogP contribution is 2.23. The smallest absolute Gasteiger partial charge is 0.232 e. The molecule has 0 spiro atoms. The maximum atomic E-state index is 11.4. The summed E-state index contributed by atoms with van der Waals surface area (Å²) in [5.41, 5.74) is 2.82. The number of allylic oxidation sites excluding steroid dienone is 1. The fourth-order valence-electron chi connectivity index (χ4n) is 2.18. The Balaban J connectivity index is 1.79. The summed E-state index contributed by atoms with van der Waals surface area (Å²) in [7, 11) is 0. The number of nitrogens with zero attached hydrogens (tertiary/aromatic N) is 1. The monoisotopic (exact) mass is 355 g/mol. The third-order valence-electron chi connectivity index (χ3n) is 3.32. The molecule has 126 valence electrons. The molecule has 1 aromatic heterocycles. The minimum Gasteiger partial charge on any atom is -0.436 e. The topological polar surface area (TPSA) is 84.2 Å². The van der Waals surface area contributed by atoms with Crippen LogP contribution in [-0.2, 0) is 9.59 Å². The molecule has 0 saturated carbocycles. The van der Waals surface area contributed by atoms with E-state index in [0.717, 1.165) is 5.69 Å². The molecule has 3 rings (SSSR count). The van der Waals surface area contributed by atoms with Crippen LogP contribution in [0.25, 0.3) is 16.7 Å². The lowest BCUT2D eigenvalue weighted by Gasteiger charge is -2.04. The number of nitrogens with one attached hydrogen (secondary N) is 2. The molecule has 2 N–H and O–H groups in total. The summed E-state index contributed by atoms with van der Waals surface area (Å²) in [6.45, 7) is 1.44. The summed E-state index contributed by atoms with van der Waals surface area (Å²) < 4.78 is 5.57. The van der Waals surface area contributed by atoms with Crippen LogP contribution in [0.1, 0.15) is 12.8 Å². The number of amides is 1. The van der Waals surface area contributed by atoms with Crippen molar-refractivity contribution in [3.8, 4) is 0 Å². The quantitative estimate of drug-likeness (QED) is 0.532. The van der Waals surface area contributed by atoms with Crippen molar-refractivity contribution < 1.29 is 14.0 Å². The van der Waals surface area contributed by atoms with Gasteiger partial charge < -0.3 is 15.1 Å². The van der Waals surface area contributed by atoms with Gasteiger partial charge in [-0.1, -0.05) is 11.6 Å². The molecule has 0 saturated heterocycles. The van der Waals surface area contributed by atoms with Crippen LogP contribution in [0.4, 0.5) is 11.4 Å². The van der Waals surface area contributed by atoms with E-state index in [1.807, 2.05) is 0 Å². The van der Waals surface area contributed by atoms with E-state index in [1.165, 1.54) is 13.1 Å². The molecule has 0 aliphatic rings. The van der Waals surface area contributed by atoms with Gasteiger partial charge in [-0.15, -0.1) is 0 Å². The predicted octanol–water partition coefficient (Wildman–Crippen LogP) is 4.09. The summed E-state index contributed by atoms with van der Waals surface area (Å²) in [6.07, 6.45) is 2.16. The van der Waals surface area contributed by atoms with E-state index in [2.05, 4.69) is 15.6 Å². The maximum Gasteiger partial charge on any atom is 0.232 e. The van der Waals surface area contributed by atoms with Crippen molar-refractivity contribution in [2.24, 2.45) is 0 Å². The standard InChI is InChI=1S/C18H14ClN3O3/c1-11(24)21-15-5-3-14(4-6-15)20-9-12(10-23)18-22-16-8-13(19)2-7-17(16)25-18/h2-10,20H,1H3,(H,21,24)/b12-9+. The number of anilines is 2. The largest absolute Gasteiger partial charge is 0.436 e. The van der Waals surface area contributed by atoms with Crippen LogP contribution in [0.15, 0.2) is 53.1 Å². The van der Waals surface area contributed by atoms with Crippen LogP contribution in [-0.4, -0.2) is 17.2 Å². The first kappa shape index (κ1) is 16.7. The van der Waals surface area contributed by atoms with Crippen LogP contribution in [0.3, 0.4) is 0 Å². The Morgan fingerprint density at radius 2 is 1.88 bits per heavy atom. The van der Waals surface area contributed by atoms with Gasteiger partial charge >= 0.3 is 0 Å². The predicted molar refractivity (Wildman–Crippen MR) is 97.4 cm³/mol. The van der Waals surface area contributed by atoms with E-state index >= 15 is 0 Å². The van der Waals surface area contributed by atoms with Gasteiger partial charge in [-0.2, -0.15) is 0 Å².